The average molecular weight is 376 g/mol. The van der Waals surface area contributed by atoms with Crippen LogP contribution in [0.15, 0.2) is 24.3 Å². The quantitative estimate of drug-likeness (QED) is 0.728. The second kappa shape index (κ2) is 6.17. The Morgan fingerprint density at radius 2 is 1.84 bits per heavy atom. The molecule has 0 unspecified atom stereocenters. The first kappa shape index (κ1) is 17.0. The largest absolute Gasteiger partial charge is 0.310 e. The Morgan fingerprint density at radius 1 is 1.12 bits per heavy atom. The zero-order valence-corrected chi connectivity index (χ0v) is 16.8. The number of nitrogens with one attached hydrogen (secondary N) is 1. The van der Waals surface area contributed by atoms with Crippen molar-refractivity contribution in [3.05, 3.63) is 34.9 Å². The Bertz CT molecular complexity index is 622. The molecule has 5 fully saturated rings. The molecule has 1 aromatic rings. The standard InChI is InChI=1S/C22H30ClNS/c1-15(24-20-6-7-25-13-20)21-9-16-8-17(10-21)12-22(11-16,14-21)18-2-4-19(23)5-3-18/h2-5,15-17,20,24H,6-14H2,1H3/t15-,16-,17-,20-,21?,22?/m1/s1. The van der Waals surface area contributed by atoms with Gasteiger partial charge in [-0.2, -0.15) is 11.8 Å². The van der Waals surface area contributed by atoms with Crippen molar-refractivity contribution in [1.82, 2.24) is 5.32 Å². The van der Waals surface area contributed by atoms with Gasteiger partial charge in [0, 0.05) is 22.9 Å². The van der Waals surface area contributed by atoms with Crippen molar-refractivity contribution in [1.29, 1.82) is 0 Å². The highest BCUT2D eigenvalue weighted by atomic mass is 35.5. The molecule has 6 rings (SSSR count). The highest BCUT2D eigenvalue weighted by Gasteiger charge is 2.59. The number of hydrogen-bond donors (Lipinski definition) is 1. The van der Waals surface area contributed by atoms with Gasteiger partial charge in [-0.15, -0.1) is 0 Å². The maximum atomic E-state index is 6.18. The zero-order chi connectivity index (χ0) is 17.1. The second-order valence-corrected chi connectivity index (χ2v) is 11.1. The monoisotopic (exact) mass is 375 g/mol. The number of thioether (sulfide) groups is 1. The molecule has 1 saturated heterocycles. The zero-order valence-electron chi connectivity index (χ0n) is 15.3. The molecule has 25 heavy (non-hydrogen) atoms. The lowest BCUT2D eigenvalue weighted by Gasteiger charge is -2.64. The van der Waals surface area contributed by atoms with E-state index in [1.807, 2.05) is 0 Å². The lowest BCUT2D eigenvalue weighted by Crippen LogP contribution is -2.61. The van der Waals surface area contributed by atoms with Gasteiger partial charge < -0.3 is 5.32 Å². The van der Waals surface area contributed by atoms with Gasteiger partial charge in [0.05, 0.1) is 0 Å². The fraction of sp³-hybridized carbons (Fsp3) is 0.727. The van der Waals surface area contributed by atoms with Crippen molar-refractivity contribution in [3.8, 4) is 0 Å². The van der Waals surface area contributed by atoms with Crippen molar-refractivity contribution in [3.63, 3.8) is 0 Å². The van der Waals surface area contributed by atoms with E-state index in [2.05, 4.69) is 48.3 Å². The van der Waals surface area contributed by atoms with E-state index in [9.17, 15) is 0 Å². The number of hydrogen-bond acceptors (Lipinski definition) is 2. The predicted molar refractivity (Wildman–Crippen MR) is 109 cm³/mol. The fourth-order valence-electron chi connectivity index (χ4n) is 7.18. The van der Waals surface area contributed by atoms with E-state index in [4.69, 9.17) is 11.6 Å². The van der Waals surface area contributed by atoms with Crippen molar-refractivity contribution >= 4 is 23.4 Å². The molecule has 1 aromatic carbocycles. The SMILES string of the molecule is C[C@@H](N[C@@H]1CCSC1)C12C[C@H]3C[C@@H](CC(c4ccc(Cl)cc4)(C3)C1)C2. The molecule has 0 aromatic heterocycles. The molecule has 1 heterocycles. The molecule has 0 amide bonds. The predicted octanol–water partition coefficient (Wildman–Crippen LogP) is 5.66. The van der Waals surface area contributed by atoms with E-state index >= 15 is 0 Å². The number of benzene rings is 1. The van der Waals surface area contributed by atoms with Gasteiger partial charge in [0.25, 0.3) is 0 Å². The van der Waals surface area contributed by atoms with Crippen molar-refractivity contribution in [2.45, 2.75) is 69.4 Å². The summed E-state index contributed by atoms with van der Waals surface area (Å²) >= 11 is 8.30. The summed E-state index contributed by atoms with van der Waals surface area (Å²) in [5, 5.41) is 4.94. The summed E-state index contributed by atoms with van der Waals surface area (Å²) < 4.78 is 0. The summed E-state index contributed by atoms with van der Waals surface area (Å²) in [4.78, 5) is 0. The number of halogens is 1. The minimum absolute atomic E-state index is 0.426. The first-order valence-corrected chi connectivity index (χ1v) is 11.7. The highest BCUT2D eigenvalue weighted by molar-refractivity contribution is 7.99. The van der Waals surface area contributed by atoms with E-state index in [1.54, 1.807) is 5.56 Å². The molecular formula is C22H30ClNS. The van der Waals surface area contributed by atoms with Gasteiger partial charge in [-0.3, -0.25) is 0 Å². The lowest BCUT2D eigenvalue weighted by atomic mass is 9.41. The minimum Gasteiger partial charge on any atom is -0.310 e. The molecule has 3 heteroatoms. The fourth-order valence-corrected chi connectivity index (χ4v) is 8.47. The summed E-state index contributed by atoms with van der Waals surface area (Å²) in [7, 11) is 0. The van der Waals surface area contributed by atoms with Gasteiger partial charge in [-0.1, -0.05) is 23.7 Å². The maximum Gasteiger partial charge on any atom is 0.0406 e. The van der Waals surface area contributed by atoms with Crippen LogP contribution in [0, 0.1) is 17.3 Å². The molecule has 0 radical (unpaired) electrons. The lowest BCUT2D eigenvalue weighted by molar-refractivity contribution is -0.0892. The third kappa shape index (κ3) is 2.87. The van der Waals surface area contributed by atoms with Crippen LogP contribution in [0.3, 0.4) is 0 Å². The van der Waals surface area contributed by atoms with Gasteiger partial charge >= 0.3 is 0 Å². The molecule has 4 aliphatic carbocycles. The third-order valence-electron chi connectivity index (χ3n) is 7.90. The van der Waals surface area contributed by atoms with E-state index in [0.717, 1.165) is 22.9 Å². The van der Waals surface area contributed by atoms with Gasteiger partial charge in [0.1, 0.15) is 0 Å². The summed E-state index contributed by atoms with van der Waals surface area (Å²) in [5.74, 6) is 4.55. The molecule has 4 saturated carbocycles. The van der Waals surface area contributed by atoms with E-state index < -0.39 is 0 Å². The molecule has 136 valence electrons. The summed E-state index contributed by atoms with van der Waals surface area (Å²) in [6.07, 6.45) is 10.0. The molecule has 0 spiro atoms. The van der Waals surface area contributed by atoms with Gasteiger partial charge in [0.15, 0.2) is 0 Å². The Morgan fingerprint density at radius 3 is 2.48 bits per heavy atom. The topological polar surface area (TPSA) is 12.0 Å². The smallest absolute Gasteiger partial charge is 0.0406 e. The van der Waals surface area contributed by atoms with Crippen molar-refractivity contribution in [2.24, 2.45) is 17.3 Å². The molecule has 5 aliphatic rings. The Labute approximate surface area is 161 Å². The summed E-state index contributed by atoms with van der Waals surface area (Å²) in [6, 6.07) is 10.3. The minimum atomic E-state index is 0.426. The average Bonchev–Trinajstić information content (AvgIpc) is 3.07. The van der Waals surface area contributed by atoms with Gasteiger partial charge in [0.2, 0.25) is 0 Å². The van der Waals surface area contributed by atoms with Crippen LogP contribution in [0.2, 0.25) is 5.02 Å². The molecule has 1 aliphatic heterocycles. The Kier molecular flexibility index (Phi) is 4.19. The van der Waals surface area contributed by atoms with Crippen LogP contribution < -0.4 is 5.32 Å². The molecule has 1 N–H and O–H groups in total. The third-order valence-corrected chi connectivity index (χ3v) is 9.31. The summed E-state index contributed by atoms with van der Waals surface area (Å²) in [5.41, 5.74) is 2.52. The Hall–Kier alpha value is -0.180. The van der Waals surface area contributed by atoms with Crippen LogP contribution in [-0.2, 0) is 5.41 Å². The highest BCUT2D eigenvalue weighted by Crippen LogP contribution is 2.66. The first-order valence-electron chi connectivity index (χ1n) is 10.2. The van der Waals surface area contributed by atoms with Crippen LogP contribution in [-0.4, -0.2) is 23.6 Å². The van der Waals surface area contributed by atoms with Gasteiger partial charge in [-0.25, -0.2) is 0 Å². The maximum absolute atomic E-state index is 6.18. The van der Waals surface area contributed by atoms with Crippen LogP contribution in [0.4, 0.5) is 0 Å². The normalized spacial score (nSPS) is 43.5. The molecule has 4 bridgehead atoms. The summed E-state index contributed by atoms with van der Waals surface area (Å²) in [6.45, 7) is 2.51. The van der Waals surface area contributed by atoms with Crippen molar-refractivity contribution < 1.29 is 0 Å². The van der Waals surface area contributed by atoms with Crippen LogP contribution in [0.5, 0.6) is 0 Å². The van der Waals surface area contributed by atoms with E-state index in [0.29, 0.717) is 16.9 Å². The number of rotatable bonds is 4. The van der Waals surface area contributed by atoms with Crippen LogP contribution in [0.25, 0.3) is 0 Å². The van der Waals surface area contributed by atoms with Crippen LogP contribution >= 0.6 is 23.4 Å². The molecule has 1 nitrogen and oxygen atoms in total. The van der Waals surface area contributed by atoms with E-state index in [-0.39, 0.29) is 0 Å². The Balaban J connectivity index is 1.44. The van der Waals surface area contributed by atoms with E-state index in [1.165, 1.54) is 56.5 Å². The first-order chi connectivity index (χ1) is 12.1. The van der Waals surface area contributed by atoms with Crippen LogP contribution in [0.1, 0.15) is 57.4 Å². The van der Waals surface area contributed by atoms with Gasteiger partial charge in [-0.05, 0) is 98.0 Å². The van der Waals surface area contributed by atoms with Crippen molar-refractivity contribution in [2.75, 3.05) is 11.5 Å². The molecule has 4 atom stereocenters. The second-order valence-electron chi connectivity index (χ2n) is 9.56. The molecular weight excluding hydrogens is 346 g/mol.